The van der Waals surface area contributed by atoms with Crippen molar-refractivity contribution >= 4 is 28.3 Å². The van der Waals surface area contributed by atoms with Crippen molar-refractivity contribution in [1.29, 1.82) is 5.26 Å². The van der Waals surface area contributed by atoms with Crippen LogP contribution in [-0.4, -0.2) is 30.0 Å². The Morgan fingerprint density at radius 1 is 1.12 bits per heavy atom. The Morgan fingerprint density at radius 2 is 1.88 bits per heavy atom. The van der Waals surface area contributed by atoms with E-state index in [1.54, 1.807) is 22.9 Å². The van der Waals surface area contributed by atoms with Gasteiger partial charge in [0.1, 0.15) is 16.8 Å². The zero-order valence-electron chi connectivity index (χ0n) is 22.2. The third kappa shape index (κ3) is 5.65. The lowest BCUT2D eigenvalue weighted by Gasteiger charge is -2.10. The predicted octanol–water partition coefficient (Wildman–Crippen LogP) is 5.90. The number of aromatic carboxylic acids is 1. The number of carbonyl (C=O) groups is 1. The molecule has 2 heterocycles. The summed E-state index contributed by atoms with van der Waals surface area (Å²) in [5, 5.41) is 31.0. The summed E-state index contributed by atoms with van der Waals surface area (Å²) in [6.45, 7) is 0. The van der Waals surface area contributed by atoms with Crippen molar-refractivity contribution in [2.75, 3.05) is 0 Å². The summed E-state index contributed by atoms with van der Waals surface area (Å²) in [4.78, 5) is 15.9. The van der Waals surface area contributed by atoms with E-state index in [1.165, 1.54) is 28.8 Å². The van der Waals surface area contributed by atoms with E-state index in [0.717, 1.165) is 40.8 Å². The quantitative estimate of drug-likeness (QED) is 0.217. The number of benzene rings is 3. The number of aromatic nitrogens is 3. The molecule has 8 nitrogen and oxygen atoms in total. The highest BCUT2D eigenvalue weighted by Crippen LogP contribution is 2.39. The molecule has 1 unspecified atom stereocenters. The third-order valence-corrected chi connectivity index (χ3v) is 8.82. The standard InChI is InChI=1S/C31H24FN5O3S2/c32-25-13-20(8-11-28(25)42(34)40)12-24-27(14-18-4-5-18)37(31-35-26(17-41-31)30(38)39)36-29(24)23-3-1-2-22(15-23)21-9-6-19(16-33)7-10-21/h1-3,6-11,13,15,17-18H,4-5,12,14,34H2,(H,38,39). The largest absolute Gasteiger partial charge is 0.476 e. The second-order valence-corrected chi connectivity index (χ2v) is 12.0. The molecule has 1 aliphatic carbocycles. The molecule has 5 aromatic rings. The number of nitrogens with two attached hydrogens (primary N) is 1. The van der Waals surface area contributed by atoms with Gasteiger partial charge in [-0.15, -0.1) is 11.3 Å². The van der Waals surface area contributed by atoms with E-state index in [9.17, 15) is 23.8 Å². The molecule has 1 atom stereocenters. The topological polar surface area (TPSA) is 135 Å². The number of nitriles is 1. The Balaban J connectivity index is 1.51. The molecule has 42 heavy (non-hydrogen) atoms. The van der Waals surface area contributed by atoms with E-state index in [2.05, 4.69) is 11.1 Å². The van der Waals surface area contributed by atoms with Gasteiger partial charge >= 0.3 is 5.97 Å². The molecule has 6 rings (SSSR count). The summed E-state index contributed by atoms with van der Waals surface area (Å²) in [5.74, 6) is -1.29. The average Bonchev–Trinajstić information content (AvgIpc) is 3.55. The van der Waals surface area contributed by atoms with Gasteiger partial charge in [0.25, 0.3) is 0 Å². The van der Waals surface area contributed by atoms with Crippen LogP contribution < -0.4 is 5.14 Å². The van der Waals surface area contributed by atoms with Crippen molar-refractivity contribution in [1.82, 2.24) is 14.8 Å². The molecule has 11 heteroatoms. The maximum atomic E-state index is 14.8. The molecule has 0 bridgehead atoms. The van der Waals surface area contributed by atoms with Crippen LogP contribution in [0.25, 0.3) is 27.5 Å². The summed E-state index contributed by atoms with van der Waals surface area (Å²) in [6, 6.07) is 21.8. The first kappa shape index (κ1) is 27.7. The Bertz CT molecular complexity index is 1890. The summed E-state index contributed by atoms with van der Waals surface area (Å²) >= 11 is 1.20. The Morgan fingerprint density at radius 3 is 2.52 bits per heavy atom. The van der Waals surface area contributed by atoms with Crippen LogP contribution in [0, 0.1) is 23.1 Å². The van der Waals surface area contributed by atoms with Gasteiger partial charge in [-0.3, -0.25) is 0 Å². The molecule has 210 valence electrons. The van der Waals surface area contributed by atoms with Crippen LogP contribution in [0.3, 0.4) is 0 Å². The molecule has 0 saturated heterocycles. The van der Waals surface area contributed by atoms with Crippen molar-refractivity contribution in [3.8, 4) is 33.6 Å². The second kappa shape index (κ2) is 11.4. The van der Waals surface area contributed by atoms with Crippen LogP contribution in [0.4, 0.5) is 4.39 Å². The molecule has 1 aliphatic rings. The van der Waals surface area contributed by atoms with E-state index in [4.69, 9.17) is 10.2 Å². The number of rotatable bonds is 9. The highest BCUT2D eigenvalue weighted by atomic mass is 32.2. The van der Waals surface area contributed by atoms with Gasteiger partial charge in [0.2, 0.25) is 5.13 Å². The number of carboxylic acid groups (broad SMARTS) is 1. The molecule has 0 radical (unpaired) electrons. The second-order valence-electron chi connectivity index (χ2n) is 10.2. The normalized spacial score (nSPS) is 13.5. The van der Waals surface area contributed by atoms with Crippen molar-refractivity contribution < 1.29 is 18.5 Å². The Labute approximate surface area is 247 Å². The van der Waals surface area contributed by atoms with Crippen molar-refractivity contribution in [3.05, 3.63) is 106 Å². The zero-order valence-corrected chi connectivity index (χ0v) is 23.8. The van der Waals surface area contributed by atoms with Crippen LogP contribution in [0.5, 0.6) is 0 Å². The Hall–Kier alpha value is -4.50. The monoisotopic (exact) mass is 597 g/mol. The number of carboxylic acids is 1. The first-order chi connectivity index (χ1) is 20.3. The number of hydrogen-bond acceptors (Lipinski definition) is 6. The van der Waals surface area contributed by atoms with Gasteiger partial charge in [-0.25, -0.2) is 28.2 Å². The average molecular weight is 598 g/mol. The van der Waals surface area contributed by atoms with Gasteiger partial charge in [0.05, 0.1) is 27.9 Å². The van der Waals surface area contributed by atoms with Crippen molar-refractivity contribution in [3.63, 3.8) is 0 Å². The fourth-order valence-electron chi connectivity index (χ4n) is 4.93. The van der Waals surface area contributed by atoms with Gasteiger partial charge in [-0.1, -0.05) is 36.4 Å². The molecule has 1 saturated carbocycles. The van der Waals surface area contributed by atoms with Gasteiger partial charge in [-0.05, 0) is 72.2 Å². The highest BCUT2D eigenvalue weighted by Gasteiger charge is 2.29. The first-order valence-electron chi connectivity index (χ1n) is 13.2. The van der Waals surface area contributed by atoms with Crippen LogP contribution in [0.2, 0.25) is 0 Å². The maximum Gasteiger partial charge on any atom is 0.355 e. The summed E-state index contributed by atoms with van der Waals surface area (Å²) in [6.07, 6.45) is 3.22. The number of hydrogen-bond donors (Lipinski definition) is 2. The first-order valence-corrected chi connectivity index (χ1v) is 15.3. The number of halogens is 1. The van der Waals surface area contributed by atoms with Crippen LogP contribution in [-0.2, 0) is 23.8 Å². The number of thiazole rings is 1. The molecule has 1 fully saturated rings. The summed E-state index contributed by atoms with van der Waals surface area (Å²) in [7, 11) is -1.94. The minimum Gasteiger partial charge on any atom is -0.476 e. The van der Waals surface area contributed by atoms with Crippen LogP contribution in [0.1, 0.15) is 45.7 Å². The minimum atomic E-state index is -1.94. The van der Waals surface area contributed by atoms with E-state index in [-0.39, 0.29) is 10.6 Å². The lowest BCUT2D eigenvalue weighted by molar-refractivity contribution is 0.0691. The molecule has 0 spiro atoms. The highest BCUT2D eigenvalue weighted by molar-refractivity contribution is 7.82. The molecular formula is C31H24FN5O3S2. The SMILES string of the molecule is N#Cc1ccc(-c2cccc(-c3nn(-c4nc(C(=O)O)cs4)c(CC4CC4)c3Cc3ccc(S(N)=O)c(F)c3)c2)cc1. The Kier molecular flexibility index (Phi) is 7.51. The molecule has 3 aromatic carbocycles. The third-order valence-electron chi connectivity index (χ3n) is 7.24. The van der Waals surface area contributed by atoms with Gasteiger partial charge in [0, 0.05) is 22.9 Å². The van der Waals surface area contributed by atoms with Crippen molar-refractivity contribution in [2.24, 2.45) is 11.1 Å². The van der Waals surface area contributed by atoms with E-state index < -0.39 is 22.8 Å². The molecule has 0 aliphatic heterocycles. The van der Waals surface area contributed by atoms with Crippen LogP contribution >= 0.6 is 11.3 Å². The smallest absolute Gasteiger partial charge is 0.355 e. The van der Waals surface area contributed by atoms with Gasteiger partial charge in [-0.2, -0.15) is 10.4 Å². The lowest BCUT2D eigenvalue weighted by Crippen LogP contribution is -2.07. The minimum absolute atomic E-state index is 0.0544. The van der Waals surface area contributed by atoms with Crippen molar-refractivity contribution in [2.45, 2.75) is 30.6 Å². The predicted molar refractivity (Wildman–Crippen MR) is 158 cm³/mol. The van der Waals surface area contributed by atoms with Gasteiger partial charge < -0.3 is 5.11 Å². The van der Waals surface area contributed by atoms with Crippen LogP contribution in [0.15, 0.2) is 77.0 Å². The molecule has 3 N–H and O–H groups in total. The molecule has 0 amide bonds. The van der Waals surface area contributed by atoms with E-state index in [0.29, 0.717) is 40.7 Å². The van der Waals surface area contributed by atoms with E-state index in [1.807, 2.05) is 36.4 Å². The fraction of sp³-hybridized carbons (Fsp3) is 0.161. The molecular weight excluding hydrogens is 574 g/mol. The zero-order chi connectivity index (χ0) is 29.4. The van der Waals surface area contributed by atoms with Gasteiger partial charge in [0.15, 0.2) is 5.69 Å². The lowest BCUT2D eigenvalue weighted by atomic mass is 9.95. The van der Waals surface area contributed by atoms with E-state index >= 15 is 0 Å². The number of nitrogens with zero attached hydrogens (tertiary/aromatic N) is 4. The summed E-state index contributed by atoms with van der Waals surface area (Å²) in [5.41, 5.74) is 6.34. The fourth-order valence-corrected chi connectivity index (χ4v) is 6.16. The maximum absolute atomic E-state index is 14.8. The molecule has 2 aromatic heterocycles. The summed E-state index contributed by atoms with van der Waals surface area (Å²) < 4.78 is 28.3.